The highest BCUT2D eigenvalue weighted by Gasteiger charge is 2.14. The molecule has 2 heteroatoms. The Kier molecular flexibility index (Phi) is 5.95. The Labute approximate surface area is 217 Å². The Morgan fingerprint density at radius 3 is 1.41 bits per heavy atom. The molecule has 2 nitrogen and oxygen atoms in total. The Bertz CT molecular complexity index is 1700. The first-order valence-corrected chi connectivity index (χ1v) is 12.3. The number of benzene rings is 6. The van der Waals surface area contributed by atoms with Crippen LogP contribution >= 0.6 is 0 Å². The second-order valence-electron chi connectivity index (χ2n) is 8.96. The molecule has 0 fully saturated rings. The second kappa shape index (κ2) is 9.85. The highest BCUT2D eigenvalue weighted by Crippen LogP contribution is 2.39. The zero-order valence-electron chi connectivity index (χ0n) is 20.3. The zero-order chi connectivity index (χ0) is 25.0. The van der Waals surface area contributed by atoms with Gasteiger partial charge < -0.3 is 4.90 Å². The van der Waals surface area contributed by atoms with E-state index < -0.39 is 0 Å². The number of anilines is 3. The first kappa shape index (κ1) is 22.3. The third-order valence-corrected chi connectivity index (χ3v) is 6.66. The molecular formula is C35H24N2. The maximum Gasteiger partial charge on any atom is 0.187 e. The molecule has 0 aliphatic rings. The largest absolute Gasteiger partial charge is 0.311 e. The van der Waals surface area contributed by atoms with Gasteiger partial charge in [-0.3, -0.25) is 0 Å². The maximum absolute atomic E-state index is 7.30. The molecule has 0 radical (unpaired) electrons. The van der Waals surface area contributed by atoms with Gasteiger partial charge in [0.15, 0.2) is 5.69 Å². The average molecular weight is 473 g/mol. The fourth-order valence-electron chi connectivity index (χ4n) is 4.83. The molecule has 174 valence electrons. The van der Waals surface area contributed by atoms with E-state index >= 15 is 0 Å². The average Bonchev–Trinajstić information content (AvgIpc) is 2.98. The summed E-state index contributed by atoms with van der Waals surface area (Å²) in [6.45, 7) is 7.30. The lowest BCUT2D eigenvalue weighted by molar-refractivity contribution is 1.28. The van der Waals surface area contributed by atoms with Crippen molar-refractivity contribution >= 4 is 33.5 Å². The molecule has 0 bridgehead atoms. The number of fused-ring (bicyclic) bond motifs is 1. The van der Waals surface area contributed by atoms with Crippen LogP contribution in [-0.2, 0) is 0 Å². The molecule has 0 saturated heterocycles. The predicted molar refractivity (Wildman–Crippen MR) is 156 cm³/mol. The smallest absolute Gasteiger partial charge is 0.187 e. The van der Waals surface area contributed by atoms with Crippen LogP contribution in [0.15, 0.2) is 146 Å². The molecule has 6 rings (SSSR count). The van der Waals surface area contributed by atoms with Gasteiger partial charge in [-0.1, -0.05) is 97.1 Å². The van der Waals surface area contributed by atoms with E-state index in [1.165, 1.54) is 33.0 Å². The highest BCUT2D eigenvalue weighted by atomic mass is 15.1. The summed E-state index contributed by atoms with van der Waals surface area (Å²) in [6, 6.07) is 50.5. The molecule has 0 amide bonds. The van der Waals surface area contributed by atoms with Crippen molar-refractivity contribution in [3.8, 4) is 22.3 Å². The van der Waals surface area contributed by atoms with E-state index in [0.29, 0.717) is 5.69 Å². The fraction of sp³-hybridized carbons (Fsp3) is 0. The van der Waals surface area contributed by atoms with Gasteiger partial charge >= 0.3 is 0 Å². The summed E-state index contributed by atoms with van der Waals surface area (Å²) >= 11 is 0. The minimum absolute atomic E-state index is 0.636. The van der Waals surface area contributed by atoms with Crippen LogP contribution in [0, 0.1) is 6.57 Å². The van der Waals surface area contributed by atoms with Crippen LogP contribution in [0.4, 0.5) is 22.7 Å². The van der Waals surface area contributed by atoms with Gasteiger partial charge in [0.1, 0.15) is 0 Å². The van der Waals surface area contributed by atoms with Crippen molar-refractivity contribution in [1.29, 1.82) is 0 Å². The zero-order valence-corrected chi connectivity index (χ0v) is 20.3. The summed E-state index contributed by atoms with van der Waals surface area (Å²) in [5.41, 5.74) is 8.60. The van der Waals surface area contributed by atoms with E-state index in [0.717, 1.165) is 17.1 Å². The minimum Gasteiger partial charge on any atom is -0.311 e. The van der Waals surface area contributed by atoms with E-state index in [4.69, 9.17) is 6.57 Å². The van der Waals surface area contributed by atoms with Gasteiger partial charge in [-0.2, -0.15) is 0 Å². The molecule has 0 spiro atoms. The molecule has 0 N–H and O–H groups in total. The van der Waals surface area contributed by atoms with Crippen molar-refractivity contribution in [2.75, 3.05) is 4.90 Å². The van der Waals surface area contributed by atoms with Crippen LogP contribution in [0.2, 0.25) is 0 Å². The molecule has 0 aliphatic carbocycles. The Hall–Kier alpha value is -5.13. The van der Waals surface area contributed by atoms with Gasteiger partial charge in [0.2, 0.25) is 0 Å². The third kappa shape index (κ3) is 4.47. The second-order valence-corrected chi connectivity index (χ2v) is 8.96. The fourth-order valence-corrected chi connectivity index (χ4v) is 4.83. The Morgan fingerprint density at radius 1 is 0.432 bits per heavy atom. The molecule has 0 atom stereocenters. The number of hydrogen-bond donors (Lipinski definition) is 0. The van der Waals surface area contributed by atoms with E-state index in [1.54, 1.807) is 0 Å². The van der Waals surface area contributed by atoms with Crippen molar-refractivity contribution in [3.63, 3.8) is 0 Å². The van der Waals surface area contributed by atoms with Crippen molar-refractivity contribution in [2.24, 2.45) is 0 Å². The van der Waals surface area contributed by atoms with Gasteiger partial charge in [0.05, 0.1) is 6.57 Å². The van der Waals surface area contributed by atoms with Crippen molar-refractivity contribution in [3.05, 3.63) is 157 Å². The maximum atomic E-state index is 7.30. The van der Waals surface area contributed by atoms with Gasteiger partial charge in [-0.15, -0.1) is 0 Å². The summed E-state index contributed by atoms with van der Waals surface area (Å²) in [5.74, 6) is 0. The summed E-state index contributed by atoms with van der Waals surface area (Å²) in [5, 5.41) is 2.46. The van der Waals surface area contributed by atoms with Crippen LogP contribution in [0.25, 0.3) is 37.9 Å². The van der Waals surface area contributed by atoms with Crippen molar-refractivity contribution < 1.29 is 0 Å². The van der Waals surface area contributed by atoms with Crippen LogP contribution in [0.5, 0.6) is 0 Å². The molecule has 0 aromatic heterocycles. The lowest BCUT2D eigenvalue weighted by Gasteiger charge is -2.26. The van der Waals surface area contributed by atoms with E-state index in [9.17, 15) is 0 Å². The molecule has 6 aromatic rings. The molecule has 0 aliphatic heterocycles. The van der Waals surface area contributed by atoms with Crippen LogP contribution in [0.3, 0.4) is 0 Å². The monoisotopic (exact) mass is 472 g/mol. The molecular weight excluding hydrogens is 448 g/mol. The lowest BCUT2D eigenvalue weighted by Crippen LogP contribution is -2.09. The lowest BCUT2D eigenvalue weighted by atomic mass is 9.91. The molecule has 0 unspecified atom stereocenters. The van der Waals surface area contributed by atoms with E-state index in [2.05, 4.69) is 113 Å². The van der Waals surface area contributed by atoms with Gasteiger partial charge in [0, 0.05) is 17.1 Å². The van der Waals surface area contributed by atoms with Crippen LogP contribution in [0.1, 0.15) is 0 Å². The van der Waals surface area contributed by atoms with Crippen molar-refractivity contribution in [1.82, 2.24) is 0 Å². The van der Waals surface area contributed by atoms with Crippen LogP contribution < -0.4 is 4.90 Å². The number of rotatable bonds is 5. The number of hydrogen-bond acceptors (Lipinski definition) is 1. The van der Waals surface area contributed by atoms with Gasteiger partial charge in [-0.25, -0.2) is 4.85 Å². The van der Waals surface area contributed by atoms with Gasteiger partial charge in [-0.05, 0) is 81.6 Å². The van der Waals surface area contributed by atoms with E-state index in [1.807, 2.05) is 42.5 Å². The number of nitrogens with zero attached hydrogens (tertiary/aromatic N) is 2. The standard InChI is InChI=1S/C35H24N2/c1-36-30-18-22-33(23-19-30)37(31-14-6-3-7-15-31)32-20-16-27(17-21-32)35-25-29-13-9-8-12-28(29)24-34(35)26-10-4-2-5-11-26/h2-25H. The van der Waals surface area contributed by atoms with Crippen LogP contribution in [-0.4, -0.2) is 0 Å². The summed E-state index contributed by atoms with van der Waals surface area (Å²) < 4.78 is 0. The number of para-hydroxylation sites is 1. The molecule has 6 aromatic carbocycles. The quantitative estimate of drug-likeness (QED) is 0.226. The first-order valence-electron chi connectivity index (χ1n) is 12.3. The Morgan fingerprint density at radius 2 is 0.865 bits per heavy atom. The summed E-state index contributed by atoms with van der Waals surface area (Å²) in [6.07, 6.45) is 0. The van der Waals surface area contributed by atoms with E-state index in [-0.39, 0.29) is 0 Å². The highest BCUT2D eigenvalue weighted by molar-refractivity contribution is 5.96. The predicted octanol–water partition coefficient (Wildman–Crippen LogP) is 10.2. The topological polar surface area (TPSA) is 7.60 Å². The normalized spacial score (nSPS) is 10.7. The summed E-state index contributed by atoms with van der Waals surface area (Å²) in [7, 11) is 0. The SMILES string of the molecule is [C-]#[N+]c1ccc(N(c2ccccc2)c2ccc(-c3cc4ccccc4cc3-c3ccccc3)cc2)cc1. The van der Waals surface area contributed by atoms with Gasteiger partial charge in [0.25, 0.3) is 0 Å². The molecule has 37 heavy (non-hydrogen) atoms. The minimum atomic E-state index is 0.636. The molecule has 0 heterocycles. The first-order chi connectivity index (χ1) is 18.3. The van der Waals surface area contributed by atoms with Crippen molar-refractivity contribution in [2.45, 2.75) is 0 Å². The Balaban J connectivity index is 1.46. The summed E-state index contributed by atoms with van der Waals surface area (Å²) in [4.78, 5) is 5.77. The third-order valence-electron chi connectivity index (χ3n) is 6.66. The molecule has 0 saturated carbocycles.